The van der Waals surface area contributed by atoms with Crippen LogP contribution in [0.15, 0.2) is 54.6 Å². The number of nitrogens with one attached hydrogen (secondary N) is 1. The standard InChI is InChI=1S/C20H20ClN3O/c1-14-8-10-16(11-9-14)12-22-20(25)18-15(2)23-24(19(18)21)13-17-6-4-3-5-7-17/h3-11H,12-13H2,1-2H3,(H,22,25). The Morgan fingerprint density at radius 2 is 1.72 bits per heavy atom. The van der Waals surface area contributed by atoms with Crippen molar-refractivity contribution in [2.45, 2.75) is 26.9 Å². The van der Waals surface area contributed by atoms with Crippen LogP contribution in [0.5, 0.6) is 0 Å². The SMILES string of the molecule is Cc1ccc(CNC(=O)c2c(C)nn(Cc3ccccc3)c2Cl)cc1. The van der Waals surface area contributed by atoms with Gasteiger partial charge in [0.2, 0.25) is 0 Å². The molecule has 0 bridgehead atoms. The van der Waals surface area contributed by atoms with E-state index in [1.807, 2.05) is 61.5 Å². The first-order chi connectivity index (χ1) is 12.0. The van der Waals surface area contributed by atoms with Gasteiger partial charge in [-0.2, -0.15) is 5.10 Å². The third-order valence-corrected chi connectivity index (χ3v) is 4.43. The van der Waals surface area contributed by atoms with Gasteiger partial charge in [-0.15, -0.1) is 0 Å². The molecule has 1 heterocycles. The van der Waals surface area contributed by atoms with Crippen molar-refractivity contribution < 1.29 is 4.79 Å². The van der Waals surface area contributed by atoms with Crippen molar-refractivity contribution in [2.24, 2.45) is 0 Å². The molecular formula is C20H20ClN3O. The molecule has 0 spiro atoms. The third-order valence-electron chi connectivity index (χ3n) is 4.04. The molecule has 0 saturated carbocycles. The largest absolute Gasteiger partial charge is 0.348 e. The van der Waals surface area contributed by atoms with E-state index in [1.165, 1.54) is 5.56 Å². The van der Waals surface area contributed by atoms with E-state index in [-0.39, 0.29) is 5.91 Å². The fourth-order valence-electron chi connectivity index (χ4n) is 2.65. The van der Waals surface area contributed by atoms with Crippen LogP contribution in [0.1, 0.15) is 32.7 Å². The number of amides is 1. The fourth-order valence-corrected chi connectivity index (χ4v) is 2.97. The number of benzene rings is 2. The van der Waals surface area contributed by atoms with Gasteiger partial charge in [0.25, 0.3) is 5.91 Å². The van der Waals surface area contributed by atoms with Crippen molar-refractivity contribution in [3.63, 3.8) is 0 Å². The maximum Gasteiger partial charge on any atom is 0.256 e. The Labute approximate surface area is 152 Å². The van der Waals surface area contributed by atoms with Crippen LogP contribution < -0.4 is 5.32 Å². The van der Waals surface area contributed by atoms with Crippen molar-refractivity contribution in [2.75, 3.05) is 0 Å². The fraction of sp³-hybridized carbons (Fsp3) is 0.200. The zero-order valence-corrected chi connectivity index (χ0v) is 15.0. The van der Waals surface area contributed by atoms with E-state index < -0.39 is 0 Å². The first-order valence-electron chi connectivity index (χ1n) is 8.15. The van der Waals surface area contributed by atoms with Crippen LogP contribution in [0.2, 0.25) is 5.15 Å². The second-order valence-electron chi connectivity index (χ2n) is 6.06. The molecule has 1 amide bonds. The zero-order valence-electron chi connectivity index (χ0n) is 14.3. The van der Waals surface area contributed by atoms with Crippen molar-refractivity contribution >= 4 is 17.5 Å². The second kappa shape index (κ2) is 7.53. The number of hydrogen-bond acceptors (Lipinski definition) is 2. The zero-order chi connectivity index (χ0) is 17.8. The molecular weight excluding hydrogens is 334 g/mol. The predicted molar refractivity (Wildman–Crippen MR) is 99.9 cm³/mol. The minimum Gasteiger partial charge on any atom is -0.348 e. The van der Waals surface area contributed by atoms with Gasteiger partial charge in [0.1, 0.15) is 5.15 Å². The molecule has 0 aliphatic carbocycles. The quantitative estimate of drug-likeness (QED) is 0.749. The lowest BCUT2D eigenvalue weighted by Gasteiger charge is -2.06. The number of hydrogen-bond donors (Lipinski definition) is 1. The summed E-state index contributed by atoms with van der Waals surface area (Å²) in [6, 6.07) is 18.0. The lowest BCUT2D eigenvalue weighted by Crippen LogP contribution is -2.23. The lowest BCUT2D eigenvalue weighted by atomic mass is 10.1. The van der Waals surface area contributed by atoms with E-state index in [0.717, 1.165) is 11.1 Å². The smallest absolute Gasteiger partial charge is 0.256 e. The summed E-state index contributed by atoms with van der Waals surface area (Å²) in [6.45, 7) is 4.82. The van der Waals surface area contributed by atoms with Crippen LogP contribution in [-0.2, 0) is 13.1 Å². The summed E-state index contributed by atoms with van der Waals surface area (Å²) < 4.78 is 1.66. The summed E-state index contributed by atoms with van der Waals surface area (Å²) in [6.07, 6.45) is 0. The Morgan fingerprint density at radius 1 is 1.04 bits per heavy atom. The molecule has 25 heavy (non-hydrogen) atoms. The second-order valence-corrected chi connectivity index (χ2v) is 6.42. The van der Waals surface area contributed by atoms with Crippen LogP contribution in [0, 0.1) is 13.8 Å². The number of aryl methyl sites for hydroxylation is 2. The summed E-state index contributed by atoms with van der Waals surface area (Å²) in [4.78, 5) is 12.5. The first-order valence-corrected chi connectivity index (χ1v) is 8.53. The van der Waals surface area contributed by atoms with Crippen molar-refractivity contribution in [1.82, 2.24) is 15.1 Å². The Morgan fingerprint density at radius 3 is 2.40 bits per heavy atom. The normalized spacial score (nSPS) is 10.7. The van der Waals surface area contributed by atoms with E-state index in [2.05, 4.69) is 10.4 Å². The number of nitrogens with zero attached hydrogens (tertiary/aromatic N) is 2. The molecule has 1 aromatic heterocycles. The van der Waals surface area contributed by atoms with E-state index in [9.17, 15) is 4.79 Å². The summed E-state index contributed by atoms with van der Waals surface area (Å²) in [7, 11) is 0. The summed E-state index contributed by atoms with van der Waals surface area (Å²) in [5.41, 5.74) is 4.38. The number of carbonyl (C=O) groups is 1. The average Bonchev–Trinajstić information content (AvgIpc) is 2.89. The van der Waals surface area contributed by atoms with E-state index >= 15 is 0 Å². The highest BCUT2D eigenvalue weighted by Crippen LogP contribution is 2.21. The van der Waals surface area contributed by atoms with Gasteiger partial charge in [0.05, 0.1) is 17.8 Å². The van der Waals surface area contributed by atoms with Gasteiger partial charge >= 0.3 is 0 Å². The average molecular weight is 354 g/mol. The topological polar surface area (TPSA) is 46.9 Å². The molecule has 1 N–H and O–H groups in total. The van der Waals surface area contributed by atoms with Gasteiger partial charge in [-0.05, 0) is 25.0 Å². The summed E-state index contributed by atoms with van der Waals surface area (Å²) in [5, 5.41) is 7.70. The van der Waals surface area contributed by atoms with Gasteiger partial charge in [-0.1, -0.05) is 71.8 Å². The number of halogens is 1. The maximum atomic E-state index is 12.5. The molecule has 0 aliphatic heterocycles. The molecule has 0 radical (unpaired) electrons. The molecule has 2 aromatic carbocycles. The van der Waals surface area contributed by atoms with E-state index in [0.29, 0.717) is 29.5 Å². The van der Waals surface area contributed by atoms with E-state index in [1.54, 1.807) is 11.6 Å². The molecule has 4 nitrogen and oxygen atoms in total. The number of carbonyl (C=O) groups excluding carboxylic acids is 1. The molecule has 5 heteroatoms. The Balaban J connectivity index is 1.73. The van der Waals surface area contributed by atoms with Gasteiger partial charge in [0, 0.05) is 6.54 Å². The molecule has 3 aromatic rings. The lowest BCUT2D eigenvalue weighted by molar-refractivity contribution is 0.0950. The maximum absolute atomic E-state index is 12.5. The minimum absolute atomic E-state index is 0.206. The minimum atomic E-state index is -0.206. The monoisotopic (exact) mass is 353 g/mol. The molecule has 0 saturated heterocycles. The first kappa shape index (κ1) is 17.2. The van der Waals surface area contributed by atoms with Crippen molar-refractivity contribution in [3.8, 4) is 0 Å². The van der Waals surface area contributed by atoms with Crippen molar-refractivity contribution in [1.29, 1.82) is 0 Å². The molecule has 0 atom stereocenters. The van der Waals surface area contributed by atoms with Gasteiger partial charge < -0.3 is 5.32 Å². The molecule has 0 fully saturated rings. The van der Waals surface area contributed by atoms with Gasteiger partial charge in [-0.25, -0.2) is 4.68 Å². The number of rotatable bonds is 5. The molecule has 128 valence electrons. The van der Waals surface area contributed by atoms with Crippen LogP contribution in [-0.4, -0.2) is 15.7 Å². The highest BCUT2D eigenvalue weighted by Gasteiger charge is 2.20. The van der Waals surface area contributed by atoms with Gasteiger partial charge in [-0.3, -0.25) is 4.79 Å². The summed E-state index contributed by atoms with van der Waals surface area (Å²) >= 11 is 6.42. The summed E-state index contributed by atoms with van der Waals surface area (Å²) in [5.74, 6) is -0.206. The Kier molecular flexibility index (Phi) is 5.19. The third kappa shape index (κ3) is 4.09. The highest BCUT2D eigenvalue weighted by molar-refractivity contribution is 6.33. The van der Waals surface area contributed by atoms with Gasteiger partial charge in [0.15, 0.2) is 0 Å². The van der Waals surface area contributed by atoms with E-state index in [4.69, 9.17) is 11.6 Å². The molecule has 0 unspecified atom stereocenters. The van der Waals surface area contributed by atoms with Crippen LogP contribution >= 0.6 is 11.6 Å². The molecule has 3 rings (SSSR count). The Hall–Kier alpha value is -2.59. The van der Waals surface area contributed by atoms with Crippen LogP contribution in [0.3, 0.4) is 0 Å². The predicted octanol–water partition coefficient (Wildman–Crippen LogP) is 4.13. The number of aromatic nitrogens is 2. The van der Waals surface area contributed by atoms with Crippen molar-refractivity contribution in [3.05, 3.63) is 87.7 Å². The molecule has 0 aliphatic rings. The van der Waals surface area contributed by atoms with Crippen LogP contribution in [0.4, 0.5) is 0 Å². The Bertz CT molecular complexity index is 870. The highest BCUT2D eigenvalue weighted by atomic mass is 35.5. The van der Waals surface area contributed by atoms with Crippen LogP contribution in [0.25, 0.3) is 0 Å².